The molecular weight excluding hydrogens is 122 g/mol. The van der Waals surface area contributed by atoms with E-state index in [0.29, 0.717) is 0 Å². The Morgan fingerprint density at radius 3 is 2.00 bits per heavy atom. The van der Waals surface area contributed by atoms with Gasteiger partial charge < -0.3 is 4.90 Å². The van der Waals surface area contributed by atoms with Gasteiger partial charge in [-0.05, 0) is 32.7 Å². The minimum absolute atomic E-state index is 0.874. The van der Waals surface area contributed by atoms with Gasteiger partial charge in [0.05, 0.1) is 0 Å². The highest BCUT2D eigenvalue weighted by molar-refractivity contribution is 5.02. The predicted octanol–water partition coefficient (Wildman–Crippen LogP) is 2.13. The summed E-state index contributed by atoms with van der Waals surface area (Å²) in [5.74, 6) is 1.09. The summed E-state index contributed by atoms with van der Waals surface area (Å²) in [5.41, 5.74) is 0. The average molecular weight is 141 g/mol. The Bertz CT molecular complexity index is 109. The molecule has 3 atom stereocenters. The molecule has 0 aromatic carbocycles. The van der Waals surface area contributed by atoms with Crippen LogP contribution in [0.5, 0.6) is 0 Å². The molecular formula is C9H19N. The van der Waals surface area contributed by atoms with Crippen LogP contribution in [-0.4, -0.2) is 24.0 Å². The van der Waals surface area contributed by atoms with Crippen molar-refractivity contribution in [2.45, 2.75) is 45.7 Å². The van der Waals surface area contributed by atoms with E-state index in [1.807, 2.05) is 13.8 Å². The molecule has 2 aliphatic rings. The van der Waals surface area contributed by atoms with Crippen molar-refractivity contribution in [1.82, 2.24) is 4.90 Å². The van der Waals surface area contributed by atoms with E-state index in [0.717, 1.165) is 18.0 Å². The molecule has 0 bridgehead atoms. The molecule has 10 heavy (non-hydrogen) atoms. The van der Waals surface area contributed by atoms with Gasteiger partial charge in [-0.15, -0.1) is 0 Å². The van der Waals surface area contributed by atoms with Crippen LogP contribution in [0.15, 0.2) is 0 Å². The molecule has 1 heteroatoms. The highest BCUT2D eigenvalue weighted by Crippen LogP contribution is 2.46. The quantitative estimate of drug-likeness (QED) is 0.499. The molecule has 2 rings (SSSR count). The minimum Gasteiger partial charge on any atom is -0.300 e. The molecule has 1 aliphatic carbocycles. The second kappa shape index (κ2) is 2.91. The van der Waals surface area contributed by atoms with Crippen LogP contribution < -0.4 is 0 Å². The maximum absolute atomic E-state index is 2.52. The van der Waals surface area contributed by atoms with Gasteiger partial charge in [0, 0.05) is 12.1 Å². The molecule has 1 nitrogen and oxygen atoms in total. The van der Waals surface area contributed by atoms with Gasteiger partial charge in [0.1, 0.15) is 0 Å². The Morgan fingerprint density at radius 2 is 1.80 bits per heavy atom. The zero-order valence-corrected chi connectivity index (χ0v) is 7.59. The summed E-state index contributed by atoms with van der Waals surface area (Å²) in [7, 11) is 2.25. The van der Waals surface area contributed by atoms with Crippen LogP contribution in [0.3, 0.4) is 0 Å². The van der Waals surface area contributed by atoms with E-state index in [-0.39, 0.29) is 0 Å². The van der Waals surface area contributed by atoms with Crippen molar-refractivity contribution < 1.29 is 0 Å². The van der Waals surface area contributed by atoms with Gasteiger partial charge in [0.2, 0.25) is 0 Å². The largest absolute Gasteiger partial charge is 0.300 e. The average Bonchev–Trinajstić information content (AvgIpc) is 2.65. The van der Waals surface area contributed by atoms with Gasteiger partial charge in [0.15, 0.2) is 0 Å². The van der Waals surface area contributed by atoms with Crippen molar-refractivity contribution >= 4 is 0 Å². The molecule has 0 aromatic rings. The van der Waals surface area contributed by atoms with E-state index < -0.39 is 0 Å². The number of fused-ring (bicyclic) bond motifs is 1. The fourth-order valence-corrected chi connectivity index (χ4v) is 1.92. The Kier molecular flexibility index (Phi) is 2.35. The fourth-order valence-electron chi connectivity index (χ4n) is 1.92. The normalized spacial score (nSPS) is 43.8. The summed E-state index contributed by atoms with van der Waals surface area (Å²) in [5, 5.41) is 0. The molecule has 1 saturated heterocycles. The SMILES string of the molecule is CC.CC1CC2CC2N1C. The van der Waals surface area contributed by atoms with E-state index >= 15 is 0 Å². The third kappa shape index (κ3) is 1.20. The molecule has 1 saturated carbocycles. The Balaban J connectivity index is 0.000000231. The third-order valence-electron chi connectivity index (χ3n) is 2.75. The van der Waals surface area contributed by atoms with Crippen LogP contribution >= 0.6 is 0 Å². The zero-order chi connectivity index (χ0) is 7.72. The molecule has 2 fully saturated rings. The van der Waals surface area contributed by atoms with Crippen molar-refractivity contribution in [1.29, 1.82) is 0 Å². The van der Waals surface area contributed by atoms with Crippen molar-refractivity contribution in [3.05, 3.63) is 0 Å². The van der Waals surface area contributed by atoms with Crippen molar-refractivity contribution in [2.75, 3.05) is 7.05 Å². The molecule has 0 N–H and O–H groups in total. The molecule has 0 radical (unpaired) electrons. The number of likely N-dealkylation sites (tertiary alicyclic amines) is 1. The van der Waals surface area contributed by atoms with Gasteiger partial charge in [-0.1, -0.05) is 13.8 Å². The molecule has 3 unspecified atom stereocenters. The number of nitrogens with zero attached hydrogens (tertiary/aromatic N) is 1. The lowest BCUT2D eigenvalue weighted by Gasteiger charge is -2.17. The highest BCUT2D eigenvalue weighted by atomic mass is 15.2. The van der Waals surface area contributed by atoms with Gasteiger partial charge in [0.25, 0.3) is 0 Å². The Labute approximate surface area is 64.4 Å². The van der Waals surface area contributed by atoms with Gasteiger partial charge >= 0.3 is 0 Å². The lowest BCUT2D eigenvalue weighted by molar-refractivity contribution is 0.286. The molecule has 60 valence electrons. The van der Waals surface area contributed by atoms with Crippen LogP contribution in [0, 0.1) is 5.92 Å². The van der Waals surface area contributed by atoms with Crippen LogP contribution in [0.2, 0.25) is 0 Å². The first kappa shape index (κ1) is 8.06. The van der Waals surface area contributed by atoms with E-state index in [1.165, 1.54) is 12.8 Å². The molecule has 0 spiro atoms. The summed E-state index contributed by atoms with van der Waals surface area (Å²) in [6.45, 7) is 6.33. The monoisotopic (exact) mass is 141 g/mol. The summed E-state index contributed by atoms with van der Waals surface area (Å²) >= 11 is 0. The molecule has 0 aromatic heterocycles. The van der Waals surface area contributed by atoms with Gasteiger partial charge in [-0.25, -0.2) is 0 Å². The first-order valence-corrected chi connectivity index (χ1v) is 4.51. The van der Waals surface area contributed by atoms with Gasteiger partial charge in [-0.2, -0.15) is 0 Å². The van der Waals surface area contributed by atoms with Crippen LogP contribution in [0.4, 0.5) is 0 Å². The highest BCUT2D eigenvalue weighted by Gasteiger charge is 2.48. The number of piperidine rings is 1. The smallest absolute Gasteiger partial charge is 0.0128 e. The molecule has 1 aliphatic heterocycles. The fraction of sp³-hybridized carbons (Fsp3) is 1.00. The van der Waals surface area contributed by atoms with E-state index in [9.17, 15) is 0 Å². The second-order valence-corrected chi connectivity index (χ2v) is 3.31. The predicted molar refractivity (Wildman–Crippen MR) is 45.1 cm³/mol. The van der Waals surface area contributed by atoms with E-state index in [1.54, 1.807) is 0 Å². The maximum Gasteiger partial charge on any atom is 0.0128 e. The first-order chi connectivity index (χ1) is 4.79. The number of rotatable bonds is 0. The van der Waals surface area contributed by atoms with Crippen LogP contribution in [0.25, 0.3) is 0 Å². The minimum atomic E-state index is 0.874. The Morgan fingerprint density at radius 1 is 1.20 bits per heavy atom. The number of hydrogen-bond donors (Lipinski definition) is 0. The Hall–Kier alpha value is -0.0400. The van der Waals surface area contributed by atoms with Crippen molar-refractivity contribution in [3.8, 4) is 0 Å². The summed E-state index contributed by atoms with van der Waals surface area (Å²) in [4.78, 5) is 2.52. The lowest BCUT2D eigenvalue weighted by Crippen LogP contribution is -2.25. The zero-order valence-electron chi connectivity index (χ0n) is 7.59. The number of hydrogen-bond acceptors (Lipinski definition) is 1. The maximum atomic E-state index is 2.52. The lowest BCUT2D eigenvalue weighted by atomic mass is 10.2. The van der Waals surface area contributed by atoms with Gasteiger partial charge in [-0.3, -0.25) is 0 Å². The third-order valence-corrected chi connectivity index (χ3v) is 2.75. The summed E-state index contributed by atoms with van der Waals surface area (Å²) in [6, 6.07) is 1.86. The first-order valence-electron chi connectivity index (χ1n) is 4.51. The molecule has 0 amide bonds. The van der Waals surface area contributed by atoms with Crippen molar-refractivity contribution in [3.63, 3.8) is 0 Å². The van der Waals surface area contributed by atoms with Crippen LogP contribution in [-0.2, 0) is 0 Å². The van der Waals surface area contributed by atoms with Crippen molar-refractivity contribution in [2.24, 2.45) is 5.92 Å². The van der Waals surface area contributed by atoms with Crippen LogP contribution in [0.1, 0.15) is 33.6 Å². The standard InChI is InChI=1S/C7H13N.C2H6/c1-5-3-6-4-7(6)8(5)2;1-2/h5-7H,3-4H2,1-2H3;1-2H3. The van der Waals surface area contributed by atoms with E-state index in [2.05, 4.69) is 18.9 Å². The second-order valence-electron chi connectivity index (χ2n) is 3.31. The summed E-state index contributed by atoms with van der Waals surface area (Å²) in [6.07, 6.45) is 2.95. The summed E-state index contributed by atoms with van der Waals surface area (Å²) < 4.78 is 0. The van der Waals surface area contributed by atoms with E-state index in [4.69, 9.17) is 0 Å². The molecule has 1 heterocycles. The topological polar surface area (TPSA) is 3.24 Å².